The van der Waals surface area contributed by atoms with Crippen LogP contribution in [0.25, 0.3) is 0 Å². The molecule has 1 rings (SSSR count). The second-order valence-corrected chi connectivity index (χ2v) is 4.58. The van der Waals surface area contributed by atoms with Crippen molar-refractivity contribution < 1.29 is 10.2 Å². The van der Waals surface area contributed by atoms with Crippen molar-refractivity contribution in [2.75, 3.05) is 6.54 Å². The first-order chi connectivity index (χ1) is 6.95. The van der Waals surface area contributed by atoms with E-state index >= 15 is 0 Å². The fourth-order valence-corrected chi connectivity index (χ4v) is 2.04. The van der Waals surface area contributed by atoms with Crippen molar-refractivity contribution in [1.29, 1.82) is 0 Å². The van der Waals surface area contributed by atoms with Gasteiger partial charge in [-0.25, -0.2) is 0 Å². The van der Waals surface area contributed by atoms with Crippen LogP contribution >= 0.6 is 0 Å². The average molecular weight is 214 g/mol. The van der Waals surface area contributed by atoms with Crippen LogP contribution in [-0.2, 0) is 0 Å². The first-order valence-corrected chi connectivity index (χ1v) is 5.52. The highest BCUT2D eigenvalue weighted by Crippen LogP contribution is 2.25. The van der Waals surface area contributed by atoms with Gasteiger partial charge in [0.2, 0.25) is 0 Å². The van der Waals surface area contributed by atoms with Gasteiger partial charge in [-0.15, -0.1) is 0 Å². The zero-order valence-corrected chi connectivity index (χ0v) is 9.56. The van der Waals surface area contributed by atoms with E-state index in [1.54, 1.807) is 0 Å². The molecule has 1 aliphatic rings. The van der Waals surface area contributed by atoms with Gasteiger partial charge in [-0.1, -0.05) is 20.4 Å². The van der Waals surface area contributed by atoms with Crippen LogP contribution in [0, 0.1) is 5.92 Å². The zero-order chi connectivity index (χ0) is 11.6. The molecule has 0 unspecified atom stereocenters. The highest BCUT2D eigenvalue weighted by molar-refractivity contribution is 5.08. The van der Waals surface area contributed by atoms with E-state index in [2.05, 4.69) is 6.58 Å². The van der Waals surface area contributed by atoms with E-state index < -0.39 is 6.29 Å². The van der Waals surface area contributed by atoms with Gasteiger partial charge in [-0.05, 0) is 18.8 Å². The third-order valence-electron chi connectivity index (χ3n) is 3.12. The van der Waals surface area contributed by atoms with Gasteiger partial charge < -0.3 is 20.8 Å². The van der Waals surface area contributed by atoms with Crippen molar-refractivity contribution in [3.8, 4) is 0 Å². The molecule has 4 heteroatoms. The SMILES string of the molecule is C=C([C@@H](N)C(C)C)N1CCC[C@H]1C(O)O. The number of aliphatic hydroxyl groups excluding tert-OH is 1. The lowest BCUT2D eigenvalue weighted by molar-refractivity contribution is -0.0853. The maximum atomic E-state index is 9.22. The third-order valence-corrected chi connectivity index (χ3v) is 3.12. The Kier molecular flexibility index (Phi) is 4.13. The molecule has 1 fully saturated rings. The molecule has 0 aliphatic carbocycles. The Morgan fingerprint density at radius 2 is 2.07 bits per heavy atom. The molecule has 1 saturated heterocycles. The van der Waals surface area contributed by atoms with Crippen molar-refractivity contribution in [2.45, 2.75) is 45.1 Å². The molecule has 15 heavy (non-hydrogen) atoms. The van der Waals surface area contributed by atoms with E-state index in [1.807, 2.05) is 18.7 Å². The Hall–Kier alpha value is -0.580. The molecule has 0 aromatic carbocycles. The van der Waals surface area contributed by atoms with Gasteiger partial charge in [-0.2, -0.15) is 0 Å². The second-order valence-electron chi connectivity index (χ2n) is 4.58. The lowest BCUT2D eigenvalue weighted by atomic mass is 10.0. The van der Waals surface area contributed by atoms with Crippen LogP contribution in [0.15, 0.2) is 12.3 Å². The molecule has 0 radical (unpaired) electrons. The van der Waals surface area contributed by atoms with Gasteiger partial charge in [-0.3, -0.25) is 0 Å². The van der Waals surface area contributed by atoms with E-state index in [1.165, 1.54) is 0 Å². The Labute approximate surface area is 91.4 Å². The van der Waals surface area contributed by atoms with Gasteiger partial charge in [0.1, 0.15) is 0 Å². The lowest BCUT2D eigenvalue weighted by Gasteiger charge is -2.33. The monoisotopic (exact) mass is 214 g/mol. The van der Waals surface area contributed by atoms with Crippen LogP contribution in [0.1, 0.15) is 26.7 Å². The fourth-order valence-electron chi connectivity index (χ4n) is 2.04. The van der Waals surface area contributed by atoms with E-state index in [0.717, 1.165) is 25.1 Å². The number of hydrogen-bond donors (Lipinski definition) is 3. The molecule has 1 aliphatic heterocycles. The van der Waals surface area contributed by atoms with Crippen molar-refractivity contribution >= 4 is 0 Å². The summed E-state index contributed by atoms with van der Waals surface area (Å²) >= 11 is 0. The molecular formula is C11H22N2O2. The predicted molar refractivity (Wildman–Crippen MR) is 59.9 cm³/mol. The van der Waals surface area contributed by atoms with Crippen molar-refractivity contribution in [3.05, 3.63) is 12.3 Å². The van der Waals surface area contributed by atoms with Crippen LogP contribution in [0.2, 0.25) is 0 Å². The summed E-state index contributed by atoms with van der Waals surface area (Å²) in [5.41, 5.74) is 6.82. The number of likely N-dealkylation sites (tertiary alicyclic amines) is 1. The van der Waals surface area contributed by atoms with E-state index in [4.69, 9.17) is 5.73 Å². The third kappa shape index (κ3) is 2.71. The minimum absolute atomic E-state index is 0.107. The van der Waals surface area contributed by atoms with Gasteiger partial charge >= 0.3 is 0 Å². The maximum absolute atomic E-state index is 9.22. The van der Waals surface area contributed by atoms with Crippen LogP contribution in [-0.4, -0.2) is 40.0 Å². The summed E-state index contributed by atoms with van der Waals surface area (Å²) in [5.74, 6) is 0.314. The fraction of sp³-hybridized carbons (Fsp3) is 0.818. The van der Waals surface area contributed by atoms with Crippen molar-refractivity contribution in [3.63, 3.8) is 0 Å². The highest BCUT2D eigenvalue weighted by Gasteiger charge is 2.32. The van der Waals surface area contributed by atoms with Crippen molar-refractivity contribution in [1.82, 2.24) is 4.90 Å². The van der Waals surface area contributed by atoms with Gasteiger partial charge in [0.15, 0.2) is 6.29 Å². The van der Waals surface area contributed by atoms with E-state index in [0.29, 0.717) is 5.92 Å². The zero-order valence-electron chi connectivity index (χ0n) is 9.56. The molecule has 2 atom stereocenters. The van der Waals surface area contributed by atoms with Crippen LogP contribution in [0.5, 0.6) is 0 Å². The Balaban J connectivity index is 2.66. The molecule has 4 nitrogen and oxygen atoms in total. The molecule has 0 saturated carbocycles. The lowest BCUT2D eigenvalue weighted by Crippen LogP contribution is -2.44. The Morgan fingerprint density at radius 3 is 2.53 bits per heavy atom. The average Bonchev–Trinajstić information content (AvgIpc) is 2.63. The minimum Gasteiger partial charge on any atom is -0.366 e. The molecule has 1 heterocycles. The predicted octanol–water partition coefficient (Wildman–Crippen LogP) is 0.258. The molecule has 0 spiro atoms. The summed E-state index contributed by atoms with van der Waals surface area (Å²) in [6.07, 6.45) is 0.455. The standard InChI is InChI=1S/C11H22N2O2/c1-7(2)10(12)8(3)13-6-4-5-9(13)11(14)15/h7,9-11,14-15H,3-6,12H2,1-2H3/t9-,10-/m0/s1. The summed E-state index contributed by atoms with van der Waals surface area (Å²) in [6.45, 7) is 8.87. The van der Waals surface area contributed by atoms with Crippen LogP contribution < -0.4 is 5.73 Å². The minimum atomic E-state index is -1.30. The quantitative estimate of drug-likeness (QED) is 0.587. The highest BCUT2D eigenvalue weighted by atomic mass is 16.5. The molecule has 88 valence electrons. The van der Waals surface area contributed by atoms with Crippen LogP contribution in [0.4, 0.5) is 0 Å². The molecule has 0 amide bonds. The van der Waals surface area contributed by atoms with Gasteiger partial charge in [0.05, 0.1) is 6.04 Å². The number of hydrogen-bond acceptors (Lipinski definition) is 4. The number of aliphatic hydroxyl groups is 2. The molecule has 0 aromatic rings. The first-order valence-electron chi connectivity index (χ1n) is 5.52. The Morgan fingerprint density at radius 1 is 1.47 bits per heavy atom. The molecule has 0 bridgehead atoms. The number of nitrogens with zero attached hydrogens (tertiary/aromatic N) is 1. The largest absolute Gasteiger partial charge is 0.366 e. The number of rotatable bonds is 4. The van der Waals surface area contributed by atoms with E-state index in [9.17, 15) is 10.2 Å². The van der Waals surface area contributed by atoms with Crippen molar-refractivity contribution in [2.24, 2.45) is 11.7 Å². The summed E-state index contributed by atoms with van der Waals surface area (Å²) in [7, 11) is 0. The molecular weight excluding hydrogens is 192 g/mol. The van der Waals surface area contributed by atoms with Crippen LogP contribution in [0.3, 0.4) is 0 Å². The summed E-state index contributed by atoms with van der Waals surface area (Å²) in [5, 5.41) is 18.4. The Bertz CT molecular complexity index is 229. The number of nitrogens with two attached hydrogens (primary N) is 1. The maximum Gasteiger partial charge on any atom is 0.172 e. The first kappa shape index (κ1) is 12.5. The van der Waals surface area contributed by atoms with Gasteiger partial charge in [0, 0.05) is 18.3 Å². The second kappa shape index (κ2) is 4.96. The normalized spacial score (nSPS) is 23.9. The smallest absolute Gasteiger partial charge is 0.172 e. The molecule has 4 N–H and O–H groups in total. The molecule has 0 aromatic heterocycles. The van der Waals surface area contributed by atoms with Gasteiger partial charge in [0.25, 0.3) is 0 Å². The summed E-state index contributed by atoms with van der Waals surface area (Å²) in [6, 6.07) is -0.341. The topological polar surface area (TPSA) is 69.7 Å². The summed E-state index contributed by atoms with van der Waals surface area (Å²) < 4.78 is 0. The van der Waals surface area contributed by atoms with E-state index in [-0.39, 0.29) is 12.1 Å². The summed E-state index contributed by atoms with van der Waals surface area (Å²) in [4.78, 5) is 1.94.